The van der Waals surface area contributed by atoms with E-state index in [0.29, 0.717) is 12.2 Å². The minimum atomic E-state index is -0.468. The number of ether oxygens (including phenoxy) is 2. The van der Waals surface area contributed by atoms with Crippen molar-refractivity contribution in [2.24, 2.45) is 0 Å². The fourth-order valence-electron chi connectivity index (χ4n) is 1.19. The van der Waals surface area contributed by atoms with Gasteiger partial charge in [0.15, 0.2) is 10.8 Å². The van der Waals surface area contributed by atoms with E-state index in [1.54, 1.807) is 0 Å². The maximum absolute atomic E-state index is 11.5. The summed E-state index contributed by atoms with van der Waals surface area (Å²) < 4.78 is 10.7. The minimum absolute atomic E-state index is 0.159. The lowest BCUT2D eigenvalue weighted by atomic mass is 10.2. The number of aromatic nitrogens is 2. The number of rotatable bonds is 5. The molecule has 1 heterocycles. The van der Waals surface area contributed by atoms with Crippen molar-refractivity contribution in [2.45, 2.75) is 44.2 Å². The van der Waals surface area contributed by atoms with Gasteiger partial charge in [0.05, 0.1) is 12.4 Å². The van der Waals surface area contributed by atoms with E-state index >= 15 is 0 Å². The second-order valence-electron chi connectivity index (χ2n) is 4.84. The van der Waals surface area contributed by atoms with Gasteiger partial charge in [0, 0.05) is 12.8 Å². The Morgan fingerprint density at radius 3 is 2.53 bits per heavy atom. The zero-order valence-electron chi connectivity index (χ0n) is 11.0. The molecule has 0 aliphatic carbocycles. The normalized spacial score (nSPS) is 12.9. The van der Waals surface area contributed by atoms with Crippen LogP contribution in [0, 0.1) is 0 Å². The molecule has 0 bridgehead atoms. The van der Waals surface area contributed by atoms with E-state index in [-0.39, 0.29) is 22.7 Å². The Kier molecular flexibility index (Phi) is 6.00. The van der Waals surface area contributed by atoms with Crippen molar-refractivity contribution in [2.75, 3.05) is 0 Å². The molecule has 0 aliphatic rings. The summed E-state index contributed by atoms with van der Waals surface area (Å²) in [5.41, 5.74) is -0.468. The monoisotopic (exact) mass is 350 g/mol. The van der Waals surface area contributed by atoms with E-state index in [9.17, 15) is 4.79 Å². The molecule has 0 amide bonds. The largest absolute Gasteiger partial charge is 0.476 e. The highest BCUT2D eigenvalue weighted by Crippen LogP contribution is 2.18. The first kappa shape index (κ1) is 16.2. The lowest BCUT2D eigenvalue weighted by molar-refractivity contribution is -0.155. The summed E-state index contributed by atoms with van der Waals surface area (Å²) in [5, 5.41) is -0.156. The molecular formula is C12H16BrClN2O3. The predicted octanol–water partition coefficient (Wildman–Crippen LogP) is 3.35. The molecule has 1 rings (SSSR count). The number of esters is 1. The second-order valence-corrected chi connectivity index (χ2v) is 6.20. The molecule has 5 nitrogen and oxygen atoms in total. The maximum atomic E-state index is 11.5. The molecule has 106 valence electrons. The number of carbonyl (C=O) groups excluding carboxylic acids is 1. The number of carbonyl (C=O) groups is 1. The van der Waals surface area contributed by atoms with Gasteiger partial charge in [0.2, 0.25) is 5.28 Å². The standard InChI is InChI=1S/C12H16BrClN2O3/c1-12(2,3)19-10(17)5-4-9(13)18-8-6-15-11(14)16-7-8/h6-7,9H,4-5H2,1-3H3. The Morgan fingerprint density at radius 2 is 2.00 bits per heavy atom. The SMILES string of the molecule is CC(C)(C)OC(=O)CCC(Br)Oc1cnc(Cl)nc1. The zero-order chi connectivity index (χ0) is 14.5. The molecule has 0 aromatic carbocycles. The Hall–Kier alpha value is -0.880. The summed E-state index contributed by atoms with van der Waals surface area (Å²) in [4.78, 5) is 19.1. The molecule has 1 aromatic rings. The second kappa shape index (κ2) is 7.05. The Balaban J connectivity index is 2.33. The minimum Gasteiger partial charge on any atom is -0.476 e. The van der Waals surface area contributed by atoms with Crippen molar-refractivity contribution in [3.8, 4) is 5.75 Å². The van der Waals surface area contributed by atoms with E-state index in [1.807, 2.05) is 20.8 Å². The fraction of sp³-hybridized carbons (Fsp3) is 0.583. The van der Waals surface area contributed by atoms with Crippen LogP contribution in [0.15, 0.2) is 12.4 Å². The van der Waals surface area contributed by atoms with Crippen molar-refractivity contribution in [1.82, 2.24) is 9.97 Å². The van der Waals surface area contributed by atoms with Crippen LogP contribution in [0.4, 0.5) is 0 Å². The smallest absolute Gasteiger partial charge is 0.306 e. The zero-order valence-corrected chi connectivity index (χ0v) is 13.4. The Bertz CT molecular complexity index is 420. The highest BCUT2D eigenvalue weighted by Gasteiger charge is 2.17. The van der Waals surface area contributed by atoms with Gasteiger partial charge in [-0.05, 0) is 48.3 Å². The topological polar surface area (TPSA) is 61.3 Å². The third-order valence-corrected chi connectivity index (χ3v) is 2.70. The summed E-state index contributed by atoms with van der Waals surface area (Å²) >= 11 is 8.88. The van der Waals surface area contributed by atoms with Crippen LogP contribution in [0.2, 0.25) is 5.28 Å². The highest BCUT2D eigenvalue weighted by molar-refractivity contribution is 9.09. The number of nitrogens with zero attached hydrogens (tertiary/aromatic N) is 2. The van der Waals surface area contributed by atoms with Gasteiger partial charge in [-0.1, -0.05) is 0 Å². The van der Waals surface area contributed by atoms with E-state index < -0.39 is 5.60 Å². The molecule has 1 aromatic heterocycles. The van der Waals surface area contributed by atoms with E-state index in [0.717, 1.165) is 0 Å². The van der Waals surface area contributed by atoms with Crippen LogP contribution in [-0.2, 0) is 9.53 Å². The first-order valence-corrected chi connectivity index (χ1v) is 7.06. The van der Waals surface area contributed by atoms with Gasteiger partial charge < -0.3 is 9.47 Å². The molecule has 0 spiro atoms. The van der Waals surface area contributed by atoms with Gasteiger partial charge in [-0.25, -0.2) is 9.97 Å². The van der Waals surface area contributed by atoms with Gasteiger partial charge in [0.25, 0.3) is 0 Å². The quantitative estimate of drug-likeness (QED) is 0.462. The van der Waals surface area contributed by atoms with Crippen LogP contribution >= 0.6 is 27.5 Å². The van der Waals surface area contributed by atoms with Gasteiger partial charge in [-0.3, -0.25) is 4.79 Å². The van der Waals surface area contributed by atoms with Gasteiger partial charge in [-0.2, -0.15) is 0 Å². The molecular weight excluding hydrogens is 336 g/mol. The molecule has 1 unspecified atom stereocenters. The van der Waals surface area contributed by atoms with Crippen LogP contribution in [0.3, 0.4) is 0 Å². The highest BCUT2D eigenvalue weighted by atomic mass is 79.9. The lowest BCUT2D eigenvalue weighted by Crippen LogP contribution is -2.24. The molecule has 0 saturated heterocycles. The van der Waals surface area contributed by atoms with Crippen LogP contribution in [0.5, 0.6) is 5.75 Å². The first-order chi connectivity index (χ1) is 8.76. The third kappa shape index (κ3) is 7.32. The summed E-state index contributed by atoms with van der Waals surface area (Å²) in [6.07, 6.45) is 3.69. The third-order valence-electron chi connectivity index (χ3n) is 1.86. The van der Waals surface area contributed by atoms with E-state index in [4.69, 9.17) is 21.1 Å². The number of hydrogen-bond acceptors (Lipinski definition) is 5. The van der Waals surface area contributed by atoms with Crippen molar-refractivity contribution < 1.29 is 14.3 Å². The number of hydrogen-bond donors (Lipinski definition) is 0. The van der Waals surface area contributed by atoms with E-state index in [1.165, 1.54) is 12.4 Å². The maximum Gasteiger partial charge on any atom is 0.306 e. The first-order valence-electron chi connectivity index (χ1n) is 5.76. The molecule has 19 heavy (non-hydrogen) atoms. The summed E-state index contributed by atoms with van der Waals surface area (Å²) in [6, 6.07) is 0. The van der Waals surface area contributed by atoms with Crippen molar-refractivity contribution in [1.29, 1.82) is 0 Å². The Labute approximate surface area is 125 Å². The van der Waals surface area contributed by atoms with Crippen LogP contribution in [-0.4, -0.2) is 26.6 Å². The van der Waals surface area contributed by atoms with Crippen molar-refractivity contribution in [3.63, 3.8) is 0 Å². The summed E-state index contributed by atoms with van der Waals surface area (Å²) in [7, 11) is 0. The van der Waals surface area contributed by atoms with Gasteiger partial charge in [-0.15, -0.1) is 0 Å². The molecule has 1 atom stereocenters. The molecule has 0 aliphatic heterocycles. The van der Waals surface area contributed by atoms with Gasteiger partial charge >= 0.3 is 5.97 Å². The van der Waals surface area contributed by atoms with Crippen LogP contribution < -0.4 is 4.74 Å². The fourth-order valence-corrected chi connectivity index (χ4v) is 1.73. The molecule has 0 radical (unpaired) electrons. The molecule has 0 saturated carbocycles. The average molecular weight is 352 g/mol. The molecule has 0 N–H and O–H groups in total. The lowest BCUT2D eigenvalue weighted by Gasteiger charge is -2.20. The van der Waals surface area contributed by atoms with Gasteiger partial charge in [0.1, 0.15) is 5.60 Å². The average Bonchev–Trinajstić information content (AvgIpc) is 2.27. The van der Waals surface area contributed by atoms with Crippen LogP contribution in [0.1, 0.15) is 33.6 Å². The predicted molar refractivity (Wildman–Crippen MR) is 75.5 cm³/mol. The van der Waals surface area contributed by atoms with Crippen molar-refractivity contribution in [3.05, 3.63) is 17.7 Å². The summed E-state index contributed by atoms with van der Waals surface area (Å²) in [6.45, 7) is 5.49. The Morgan fingerprint density at radius 1 is 1.42 bits per heavy atom. The summed E-state index contributed by atoms with van der Waals surface area (Å²) in [5.74, 6) is 0.225. The molecule has 7 heteroatoms. The van der Waals surface area contributed by atoms with E-state index in [2.05, 4.69) is 25.9 Å². The molecule has 0 fully saturated rings. The number of halogens is 2. The van der Waals surface area contributed by atoms with Crippen LogP contribution in [0.25, 0.3) is 0 Å². The van der Waals surface area contributed by atoms with Crippen molar-refractivity contribution >= 4 is 33.5 Å². The number of alkyl halides is 1.